The second-order valence-electron chi connectivity index (χ2n) is 9.37. The molecule has 37 heavy (non-hydrogen) atoms. The molecule has 10 nitrogen and oxygen atoms in total. The van der Waals surface area contributed by atoms with Gasteiger partial charge in [0.1, 0.15) is 5.82 Å². The SMILES string of the molecule is COc1cc(C(C)=O)ccc1OCCC[N+]1(COP(=O)(O)O)CCC(c2noc3cc(F)ccc23)CC1. The van der Waals surface area contributed by atoms with Gasteiger partial charge >= 0.3 is 7.82 Å². The van der Waals surface area contributed by atoms with Gasteiger partial charge in [0.25, 0.3) is 0 Å². The quantitative estimate of drug-likeness (QED) is 0.158. The standard InChI is InChI=1S/C25H30FN2O8P/c1-17(29)19-4-7-22(24(14-19)33-2)34-13-3-10-28(16-35-37(30,31)32)11-8-18(9-12-28)25-21-6-5-20(26)15-23(21)36-27-25/h4-7,14-15,18H,3,8-13,16H2,1-2H3,(H-,30,31,32)/p+1. The zero-order valence-corrected chi connectivity index (χ0v) is 21.7. The summed E-state index contributed by atoms with van der Waals surface area (Å²) in [4.78, 5) is 30.2. The number of carbonyl (C=O) groups excluding carboxylic acids is 1. The van der Waals surface area contributed by atoms with Crippen LogP contribution in [0.2, 0.25) is 0 Å². The highest BCUT2D eigenvalue weighted by Crippen LogP contribution is 2.40. The van der Waals surface area contributed by atoms with E-state index in [1.807, 2.05) is 0 Å². The summed E-state index contributed by atoms with van der Waals surface area (Å²) < 4.78 is 46.8. The van der Waals surface area contributed by atoms with Crippen molar-refractivity contribution in [2.45, 2.75) is 32.1 Å². The summed E-state index contributed by atoms with van der Waals surface area (Å²) in [6.07, 6.45) is 1.99. The van der Waals surface area contributed by atoms with E-state index in [9.17, 15) is 23.5 Å². The molecule has 0 atom stereocenters. The fourth-order valence-electron chi connectivity index (χ4n) is 4.82. The molecule has 0 spiro atoms. The van der Waals surface area contributed by atoms with E-state index in [-0.39, 0.29) is 18.4 Å². The molecule has 1 aliphatic rings. The van der Waals surface area contributed by atoms with Crippen molar-refractivity contribution in [2.75, 3.05) is 40.1 Å². The fourth-order valence-corrected chi connectivity index (χ4v) is 5.21. The molecule has 2 heterocycles. The third kappa shape index (κ3) is 6.74. The number of hydrogen-bond acceptors (Lipinski definition) is 7. The number of benzene rings is 2. The molecular weight excluding hydrogens is 506 g/mol. The molecule has 4 rings (SSSR count). The molecule has 0 aliphatic carbocycles. The molecule has 1 fully saturated rings. The number of nitrogens with zero attached hydrogens (tertiary/aromatic N) is 2. The lowest BCUT2D eigenvalue weighted by atomic mass is 9.90. The number of ketones is 1. The second-order valence-corrected chi connectivity index (χ2v) is 10.6. The zero-order chi connectivity index (χ0) is 26.6. The van der Waals surface area contributed by atoms with Crippen LogP contribution >= 0.6 is 7.82 Å². The third-order valence-corrected chi connectivity index (χ3v) is 7.31. The monoisotopic (exact) mass is 537 g/mol. The Morgan fingerprint density at radius 1 is 1.19 bits per heavy atom. The Labute approximate surface area is 213 Å². The van der Waals surface area contributed by atoms with Crippen molar-refractivity contribution < 1.29 is 46.5 Å². The molecule has 0 radical (unpaired) electrons. The van der Waals surface area contributed by atoms with Gasteiger partial charge in [-0.2, -0.15) is 0 Å². The predicted molar refractivity (Wildman–Crippen MR) is 132 cm³/mol. The largest absolute Gasteiger partial charge is 0.493 e. The van der Waals surface area contributed by atoms with E-state index in [0.29, 0.717) is 72.6 Å². The average molecular weight is 538 g/mol. The van der Waals surface area contributed by atoms with E-state index >= 15 is 0 Å². The number of phosphoric acid groups is 1. The van der Waals surface area contributed by atoms with Crippen molar-refractivity contribution in [3.63, 3.8) is 0 Å². The van der Waals surface area contributed by atoms with Crippen molar-refractivity contribution in [1.29, 1.82) is 0 Å². The van der Waals surface area contributed by atoms with Crippen LogP contribution < -0.4 is 9.47 Å². The normalized spacial score (nSPS) is 20.2. The van der Waals surface area contributed by atoms with Crippen LogP contribution in [-0.4, -0.2) is 65.3 Å². The Bertz CT molecular complexity index is 1300. The average Bonchev–Trinajstić information content (AvgIpc) is 3.28. The van der Waals surface area contributed by atoms with E-state index in [1.54, 1.807) is 24.3 Å². The van der Waals surface area contributed by atoms with Gasteiger partial charge in [0.2, 0.25) is 0 Å². The van der Waals surface area contributed by atoms with Gasteiger partial charge in [-0.15, -0.1) is 0 Å². The van der Waals surface area contributed by atoms with Crippen LogP contribution in [0.25, 0.3) is 11.0 Å². The molecule has 2 aromatic carbocycles. The molecule has 3 aromatic rings. The number of ether oxygens (including phenoxy) is 2. The topological polar surface area (TPSA) is 128 Å². The molecule has 1 aliphatic heterocycles. The Hall–Kier alpha value is -2.82. The predicted octanol–water partition coefficient (Wildman–Crippen LogP) is 4.41. The van der Waals surface area contributed by atoms with E-state index in [4.69, 9.17) is 18.5 Å². The number of Topliss-reactive ketones (excluding diaryl/α,β-unsaturated/α-hetero) is 1. The number of hydrogen-bond donors (Lipinski definition) is 2. The van der Waals surface area contributed by atoms with Crippen LogP contribution in [0.3, 0.4) is 0 Å². The van der Waals surface area contributed by atoms with Crippen LogP contribution in [0, 0.1) is 5.82 Å². The summed E-state index contributed by atoms with van der Waals surface area (Å²) in [6, 6.07) is 9.35. The molecule has 1 saturated heterocycles. The van der Waals surface area contributed by atoms with E-state index in [1.165, 1.54) is 26.2 Å². The Balaban J connectivity index is 1.40. The number of methoxy groups -OCH3 is 1. The first kappa shape index (κ1) is 27.2. The van der Waals surface area contributed by atoms with Gasteiger partial charge in [0.15, 0.2) is 29.6 Å². The maximum absolute atomic E-state index is 13.5. The molecule has 200 valence electrons. The number of piperidine rings is 1. The maximum atomic E-state index is 13.5. The first-order valence-corrected chi connectivity index (χ1v) is 13.5. The first-order chi connectivity index (χ1) is 17.6. The molecule has 0 unspecified atom stereocenters. The summed E-state index contributed by atoms with van der Waals surface area (Å²) in [7, 11) is -3.14. The van der Waals surface area contributed by atoms with E-state index in [2.05, 4.69) is 5.16 Å². The van der Waals surface area contributed by atoms with Crippen LogP contribution in [0.15, 0.2) is 40.9 Å². The summed E-state index contributed by atoms with van der Waals surface area (Å²) in [6.45, 7) is 3.48. The lowest BCUT2D eigenvalue weighted by molar-refractivity contribution is -0.947. The van der Waals surface area contributed by atoms with Crippen molar-refractivity contribution >= 4 is 24.6 Å². The van der Waals surface area contributed by atoms with Crippen LogP contribution in [0.5, 0.6) is 11.5 Å². The van der Waals surface area contributed by atoms with Crippen molar-refractivity contribution in [3.05, 3.63) is 53.5 Å². The van der Waals surface area contributed by atoms with Crippen LogP contribution in [0.1, 0.15) is 48.2 Å². The summed E-state index contributed by atoms with van der Waals surface area (Å²) in [5.74, 6) is 0.586. The van der Waals surface area contributed by atoms with Gasteiger partial charge in [-0.05, 0) is 37.3 Å². The van der Waals surface area contributed by atoms with Crippen LogP contribution in [-0.2, 0) is 9.09 Å². The lowest BCUT2D eigenvalue weighted by Crippen LogP contribution is -2.54. The summed E-state index contributed by atoms with van der Waals surface area (Å²) in [5.41, 5.74) is 1.69. The minimum atomic E-state index is -4.64. The number of fused-ring (bicyclic) bond motifs is 1. The number of aromatic nitrogens is 1. The van der Waals surface area contributed by atoms with Gasteiger partial charge in [0.05, 0.1) is 39.0 Å². The molecule has 0 bridgehead atoms. The van der Waals surface area contributed by atoms with Gasteiger partial charge in [0, 0.05) is 42.2 Å². The minimum Gasteiger partial charge on any atom is -0.493 e. The lowest BCUT2D eigenvalue weighted by Gasteiger charge is -2.42. The van der Waals surface area contributed by atoms with Crippen molar-refractivity contribution in [2.24, 2.45) is 0 Å². The molecule has 12 heteroatoms. The Kier molecular flexibility index (Phi) is 8.30. The first-order valence-electron chi connectivity index (χ1n) is 12.0. The molecular formula is C25H31FN2O8P+. The van der Waals surface area contributed by atoms with E-state index in [0.717, 1.165) is 11.1 Å². The van der Waals surface area contributed by atoms with Gasteiger partial charge < -0.3 is 28.3 Å². The summed E-state index contributed by atoms with van der Waals surface area (Å²) in [5, 5.41) is 4.95. The number of quaternary nitrogens is 1. The smallest absolute Gasteiger partial charge is 0.474 e. The molecule has 2 N–H and O–H groups in total. The van der Waals surface area contributed by atoms with Gasteiger partial charge in [-0.1, -0.05) is 5.16 Å². The minimum absolute atomic E-state index is 0.0736. The third-order valence-electron chi connectivity index (χ3n) is 6.86. The number of phosphoric ester groups is 1. The fraction of sp³-hybridized carbons (Fsp3) is 0.440. The second kappa shape index (κ2) is 11.3. The Morgan fingerprint density at radius 3 is 2.62 bits per heavy atom. The molecule has 1 aromatic heterocycles. The summed E-state index contributed by atoms with van der Waals surface area (Å²) >= 11 is 0. The van der Waals surface area contributed by atoms with Crippen LogP contribution in [0.4, 0.5) is 4.39 Å². The van der Waals surface area contributed by atoms with E-state index < -0.39 is 13.6 Å². The number of rotatable bonds is 11. The van der Waals surface area contributed by atoms with Crippen molar-refractivity contribution in [3.8, 4) is 11.5 Å². The van der Waals surface area contributed by atoms with Gasteiger partial charge in [-0.25, -0.2) is 13.5 Å². The number of likely N-dealkylation sites (tertiary alicyclic amines) is 1. The highest BCUT2D eigenvalue weighted by atomic mass is 31.2. The number of carbonyl (C=O) groups is 1. The van der Waals surface area contributed by atoms with Gasteiger partial charge in [-0.3, -0.25) is 4.79 Å². The highest BCUT2D eigenvalue weighted by Gasteiger charge is 2.37. The molecule has 0 saturated carbocycles. The Morgan fingerprint density at radius 2 is 1.95 bits per heavy atom. The van der Waals surface area contributed by atoms with Crippen molar-refractivity contribution in [1.82, 2.24) is 5.16 Å². The maximum Gasteiger partial charge on any atom is 0.474 e. The highest BCUT2D eigenvalue weighted by molar-refractivity contribution is 7.46. The zero-order valence-electron chi connectivity index (χ0n) is 20.8. The molecule has 0 amide bonds. The number of halogens is 1.